The fraction of sp³-hybridized carbons (Fsp3) is 0.0345. The molecule has 49 heavy (non-hydrogen) atoms. The van der Waals surface area contributed by atoms with Crippen LogP contribution in [0.25, 0.3) is 11.4 Å². The zero-order valence-electron chi connectivity index (χ0n) is 25.8. The first-order valence-electron chi connectivity index (χ1n) is 13.2. The third-order valence-electron chi connectivity index (χ3n) is 6.19. The van der Waals surface area contributed by atoms with Crippen LogP contribution >= 0.6 is 0 Å². The molecule has 0 atom stereocenters. The van der Waals surface area contributed by atoms with Crippen LogP contribution in [0.3, 0.4) is 0 Å². The second kappa shape index (κ2) is 15.6. The number of nitro benzene ring substituents is 1. The Kier molecular flexibility index (Phi) is 11.9. The average Bonchev–Trinajstić information content (AvgIpc) is 3.32. The Bertz CT molecular complexity index is 2260. The van der Waals surface area contributed by atoms with Gasteiger partial charge in [0.2, 0.25) is 0 Å². The number of carboxylic acid groups (broad SMARTS) is 1. The van der Waals surface area contributed by atoms with Gasteiger partial charge >= 0.3 is 18.8 Å². The van der Waals surface area contributed by atoms with E-state index in [0.717, 1.165) is 30.3 Å². The number of para-hydroxylation sites is 1. The fourth-order valence-electron chi connectivity index (χ4n) is 3.88. The van der Waals surface area contributed by atoms with E-state index < -0.39 is 48.6 Å². The number of aryl methyl sites for hydroxylation is 1. The molecule has 5 rings (SSSR count). The minimum absolute atomic E-state index is 0. The molecule has 1 radical (unpaired) electrons. The second-order valence-electron chi connectivity index (χ2n) is 9.46. The number of nitro groups is 1. The number of non-ortho nitro benzene ring substituents is 1. The van der Waals surface area contributed by atoms with Crippen molar-refractivity contribution in [3.8, 4) is 11.4 Å². The standard InChI is InChI=1S/C17H14N4O3.C12H10N5O6S.Cr/c1-11-15(16(22)21(20-11)12-7-3-2-4-8-12)19-18-14-10-6-5-9-13(14)17(23)24;13-7-4-8(14)12(24(21,22)23)5-9(7)15-16-10-3-6(17(19)20)1-2-11(10)18;/h2-10H,1H3,(H2,18,20,22,23,24);1-5H,(H5-,13,14,15,16,18,21,22,23);/q;-1;+3/p-3. The topological polar surface area (TPSA) is 299 Å². The third-order valence-corrected chi connectivity index (χ3v) is 7.08. The first-order valence-corrected chi connectivity index (χ1v) is 14.6. The van der Waals surface area contributed by atoms with E-state index in [-0.39, 0.29) is 52.8 Å². The third kappa shape index (κ3) is 9.00. The number of rotatable bonds is 8. The average molecular weight is 724 g/mol. The molecule has 1 aromatic heterocycles. The number of hydrogen-bond donors (Lipinski definition) is 1. The molecule has 1 heterocycles. The van der Waals surface area contributed by atoms with Gasteiger partial charge in [-0.15, -0.1) is 21.6 Å². The molecule has 0 aliphatic carbocycles. The Labute approximate surface area is 288 Å². The van der Waals surface area contributed by atoms with Crippen molar-refractivity contribution in [3.05, 3.63) is 122 Å². The molecule has 20 heteroatoms. The zero-order chi connectivity index (χ0) is 35.2. The summed E-state index contributed by atoms with van der Waals surface area (Å²) in [7, 11) is -4.89. The minimum atomic E-state index is -4.89. The second-order valence-corrected chi connectivity index (χ2v) is 10.8. The molecule has 3 N–H and O–H groups in total. The van der Waals surface area contributed by atoms with Gasteiger partial charge < -0.3 is 40.8 Å². The number of aromatic nitrogens is 2. The summed E-state index contributed by atoms with van der Waals surface area (Å²) in [4.78, 5) is 32.7. The first-order chi connectivity index (χ1) is 22.7. The molecular weight excluding hydrogens is 702 g/mol. The molecule has 0 amide bonds. The molecule has 0 saturated carbocycles. The summed E-state index contributed by atoms with van der Waals surface area (Å²) in [5.41, 5.74) is 11.8. The van der Waals surface area contributed by atoms with Crippen molar-refractivity contribution in [1.29, 1.82) is 0 Å². The predicted molar refractivity (Wildman–Crippen MR) is 166 cm³/mol. The van der Waals surface area contributed by atoms with Crippen molar-refractivity contribution in [1.82, 2.24) is 9.78 Å². The van der Waals surface area contributed by atoms with Crippen LogP contribution in [0.1, 0.15) is 17.5 Å². The van der Waals surface area contributed by atoms with Gasteiger partial charge in [-0.25, -0.2) is 8.42 Å². The smallest absolute Gasteiger partial charge is 0.871 e. The number of nitrogen functional groups attached to an aromatic ring is 1. The molecule has 0 fully saturated rings. The fourth-order valence-corrected chi connectivity index (χ4v) is 4.49. The molecule has 0 aliphatic rings. The maximum Gasteiger partial charge on any atom is 3.00 e. The number of azo groups is 2. The summed E-state index contributed by atoms with van der Waals surface area (Å²) < 4.78 is 34.4. The Morgan fingerprint density at radius 3 is 2.18 bits per heavy atom. The summed E-state index contributed by atoms with van der Waals surface area (Å²) in [6.45, 7) is 1.64. The van der Waals surface area contributed by atoms with Crippen LogP contribution in [0.5, 0.6) is 5.75 Å². The van der Waals surface area contributed by atoms with Crippen LogP contribution in [0.15, 0.2) is 115 Å². The van der Waals surface area contributed by atoms with Crippen molar-refractivity contribution in [2.24, 2.45) is 20.5 Å². The van der Waals surface area contributed by atoms with Gasteiger partial charge in [-0.2, -0.15) is 10.2 Å². The number of carbonyl (C=O) groups excluding carboxylic acids is 1. The van der Waals surface area contributed by atoms with E-state index in [1.807, 2.05) is 6.07 Å². The minimum Gasteiger partial charge on any atom is -0.871 e. The number of anilines is 1. The van der Waals surface area contributed by atoms with Crippen LogP contribution in [0.4, 0.5) is 39.8 Å². The molecule has 0 bridgehead atoms. The molecule has 0 unspecified atom stereocenters. The van der Waals surface area contributed by atoms with Gasteiger partial charge in [-0.3, -0.25) is 14.9 Å². The number of carbonyl (C=O) groups is 1. The molecule has 18 nitrogen and oxygen atoms in total. The van der Waals surface area contributed by atoms with Crippen LogP contribution in [0, 0.1) is 17.0 Å². The summed E-state index contributed by atoms with van der Waals surface area (Å²) in [6, 6.07) is 19.4. The van der Waals surface area contributed by atoms with E-state index in [1.54, 1.807) is 43.3 Å². The van der Waals surface area contributed by atoms with Crippen LogP contribution < -0.4 is 26.6 Å². The number of hydrogen-bond acceptors (Lipinski definition) is 14. The molecule has 0 spiro atoms. The molecular formula is C29H21CrN9O9S-. The van der Waals surface area contributed by atoms with Gasteiger partial charge in [-0.1, -0.05) is 61.2 Å². The summed E-state index contributed by atoms with van der Waals surface area (Å²) in [6.07, 6.45) is 0. The van der Waals surface area contributed by atoms with E-state index in [0.29, 0.717) is 11.4 Å². The molecule has 249 valence electrons. The number of nitrogens with two attached hydrogens (primary N) is 1. The van der Waals surface area contributed by atoms with E-state index in [2.05, 4.69) is 25.6 Å². The quantitative estimate of drug-likeness (QED) is 0.0775. The van der Waals surface area contributed by atoms with Gasteiger partial charge in [0.15, 0.2) is 0 Å². The summed E-state index contributed by atoms with van der Waals surface area (Å²) in [5, 5.41) is 52.3. The van der Waals surface area contributed by atoms with Crippen molar-refractivity contribution in [3.63, 3.8) is 0 Å². The number of benzene rings is 4. The maximum absolute atomic E-state index is 12.4. The number of aromatic carboxylic acids is 1. The number of carboxylic acids is 1. The normalized spacial score (nSPS) is 11.1. The zero-order valence-corrected chi connectivity index (χ0v) is 26.9. The molecule has 5 aromatic rings. The van der Waals surface area contributed by atoms with Gasteiger partial charge in [-0.05, 0) is 24.3 Å². The van der Waals surface area contributed by atoms with Gasteiger partial charge in [0, 0.05) is 29.1 Å². The van der Waals surface area contributed by atoms with Crippen molar-refractivity contribution < 1.29 is 51.7 Å². The van der Waals surface area contributed by atoms with E-state index in [4.69, 9.17) is 11.5 Å². The molecule has 0 aliphatic heterocycles. The maximum atomic E-state index is 12.4. The summed E-state index contributed by atoms with van der Waals surface area (Å²) >= 11 is 0. The summed E-state index contributed by atoms with van der Waals surface area (Å²) in [5.74, 6) is -2.02. The van der Waals surface area contributed by atoms with Crippen molar-refractivity contribution >= 4 is 55.9 Å². The first kappa shape index (κ1) is 37.3. The van der Waals surface area contributed by atoms with Gasteiger partial charge in [0.05, 0.1) is 32.9 Å². The Hall–Kier alpha value is -6.20. The van der Waals surface area contributed by atoms with Crippen LogP contribution in [-0.4, -0.2) is 28.5 Å². The van der Waals surface area contributed by atoms with E-state index in [1.165, 1.54) is 16.8 Å². The molecule has 0 saturated heterocycles. The van der Waals surface area contributed by atoms with Gasteiger partial charge in [0.25, 0.3) is 11.2 Å². The molecule has 4 aromatic carbocycles. The van der Waals surface area contributed by atoms with E-state index in [9.17, 15) is 42.9 Å². The number of nitrogens with one attached hydrogen (secondary N) is 1. The number of nitrogens with zero attached hydrogens (tertiary/aromatic N) is 7. The largest absolute Gasteiger partial charge is 3.00 e. The predicted octanol–water partition coefficient (Wildman–Crippen LogP) is 4.25. The Morgan fingerprint density at radius 2 is 1.55 bits per heavy atom. The van der Waals surface area contributed by atoms with Crippen molar-refractivity contribution in [2.75, 3.05) is 5.73 Å². The van der Waals surface area contributed by atoms with Crippen LogP contribution in [0.2, 0.25) is 0 Å². The SMILES string of the molecule is Cc1[n-]n(-c2ccccc2)c(=O)c1N=Nc1ccccc1C(=O)[O-].[Cr+3].[H+].[NH-]c1cc(N)c(S(=O)(=O)[O-])cc1N=Nc1cc([N+](=O)[O-])ccc1[O-]. The van der Waals surface area contributed by atoms with Crippen molar-refractivity contribution in [2.45, 2.75) is 11.8 Å². The Balaban J connectivity index is 0.000000333. The van der Waals surface area contributed by atoms with Crippen LogP contribution in [-0.2, 0) is 27.5 Å². The van der Waals surface area contributed by atoms with E-state index >= 15 is 0 Å². The monoisotopic (exact) mass is 723 g/mol. The van der Waals surface area contributed by atoms with Gasteiger partial charge in [0.1, 0.15) is 15.8 Å². The Morgan fingerprint density at radius 1 is 0.939 bits per heavy atom.